The van der Waals surface area contributed by atoms with Crippen LogP contribution in [0.15, 0.2) is 48.5 Å². The van der Waals surface area contributed by atoms with Crippen molar-refractivity contribution in [3.05, 3.63) is 59.7 Å². The quantitative estimate of drug-likeness (QED) is 0.583. The van der Waals surface area contributed by atoms with E-state index in [1.54, 1.807) is 4.90 Å². The van der Waals surface area contributed by atoms with Crippen LogP contribution in [-0.2, 0) is 19.1 Å². The van der Waals surface area contributed by atoms with Crippen LogP contribution in [0.25, 0.3) is 11.1 Å². The summed E-state index contributed by atoms with van der Waals surface area (Å²) in [5.74, 6) is -0.999. The number of carboxylic acid groups (broad SMARTS) is 1. The summed E-state index contributed by atoms with van der Waals surface area (Å²) in [6.45, 7) is 1.46. The van der Waals surface area contributed by atoms with Gasteiger partial charge in [-0.2, -0.15) is 0 Å². The predicted molar refractivity (Wildman–Crippen MR) is 116 cm³/mol. The molecule has 2 aliphatic rings. The van der Waals surface area contributed by atoms with Gasteiger partial charge >= 0.3 is 12.1 Å². The Hall–Kier alpha value is -3.39. The predicted octanol–water partition coefficient (Wildman–Crippen LogP) is 2.47. The molecule has 1 heterocycles. The van der Waals surface area contributed by atoms with E-state index in [2.05, 4.69) is 29.6 Å². The number of amides is 2. The van der Waals surface area contributed by atoms with Crippen molar-refractivity contribution < 1.29 is 29.0 Å². The highest BCUT2D eigenvalue weighted by Gasteiger charge is 2.32. The third kappa shape index (κ3) is 4.91. The van der Waals surface area contributed by atoms with E-state index >= 15 is 0 Å². The molecule has 2 N–H and O–H groups in total. The Morgan fingerprint density at radius 3 is 2.25 bits per heavy atom. The minimum atomic E-state index is -0.849. The number of fused-ring (bicyclic) bond motifs is 3. The second-order valence-corrected chi connectivity index (χ2v) is 8.07. The largest absolute Gasteiger partial charge is 0.481 e. The molecule has 0 atom stereocenters. The fraction of sp³-hybridized carbons (Fsp3) is 0.375. The topological polar surface area (TPSA) is 105 Å². The molecule has 32 heavy (non-hydrogen) atoms. The first-order chi connectivity index (χ1) is 15.5. The first-order valence-corrected chi connectivity index (χ1v) is 10.7. The zero-order valence-corrected chi connectivity index (χ0v) is 17.7. The minimum Gasteiger partial charge on any atom is -0.481 e. The van der Waals surface area contributed by atoms with E-state index in [0.29, 0.717) is 13.1 Å². The van der Waals surface area contributed by atoms with Crippen molar-refractivity contribution >= 4 is 18.0 Å². The standard InChI is InChI=1S/C24H26N2O6/c27-22(26-12-16(13-26)11-23(28)29)15-31-10-9-25-24(30)32-14-21-19-7-3-1-5-17(19)18-6-2-4-8-20(18)21/h1-8,16,21H,9-15H2,(H,25,30)(H,28,29). The van der Waals surface area contributed by atoms with Crippen LogP contribution in [0.1, 0.15) is 23.5 Å². The van der Waals surface area contributed by atoms with E-state index < -0.39 is 12.1 Å². The Bertz CT molecular complexity index is 956. The Morgan fingerprint density at radius 2 is 1.62 bits per heavy atom. The SMILES string of the molecule is O=C(O)CC1CN(C(=O)COCCNC(=O)OCC2c3ccccc3-c3ccccc32)C1. The number of nitrogens with one attached hydrogen (secondary N) is 1. The van der Waals surface area contributed by atoms with E-state index in [1.165, 1.54) is 11.1 Å². The fourth-order valence-corrected chi connectivity index (χ4v) is 4.28. The average Bonchev–Trinajstić information content (AvgIpc) is 3.08. The lowest BCUT2D eigenvalue weighted by Crippen LogP contribution is -2.51. The van der Waals surface area contributed by atoms with Gasteiger partial charge in [-0.3, -0.25) is 9.59 Å². The molecule has 0 bridgehead atoms. The lowest BCUT2D eigenvalue weighted by Gasteiger charge is -2.38. The molecule has 0 aromatic heterocycles. The summed E-state index contributed by atoms with van der Waals surface area (Å²) in [6, 6.07) is 16.3. The van der Waals surface area contributed by atoms with Gasteiger partial charge in [-0.05, 0) is 22.3 Å². The van der Waals surface area contributed by atoms with E-state index in [0.717, 1.165) is 11.1 Å². The molecular formula is C24H26N2O6. The number of hydrogen-bond acceptors (Lipinski definition) is 5. The zero-order chi connectivity index (χ0) is 22.5. The monoisotopic (exact) mass is 438 g/mol. The van der Waals surface area contributed by atoms with Gasteiger partial charge in [0.15, 0.2) is 0 Å². The Morgan fingerprint density at radius 1 is 1.00 bits per heavy atom. The van der Waals surface area contributed by atoms with Gasteiger partial charge in [-0.25, -0.2) is 4.79 Å². The number of hydrogen-bond donors (Lipinski definition) is 2. The summed E-state index contributed by atoms with van der Waals surface area (Å²) in [6.07, 6.45) is -0.449. The molecule has 8 nitrogen and oxygen atoms in total. The van der Waals surface area contributed by atoms with E-state index in [4.69, 9.17) is 14.6 Å². The van der Waals surface area contributed by atoms with E-state index in [-0.39, 0.29) is 50.5 Å². The number of ether oxygens (including phenoxy) is 2. The number of benzene rings is 2. The summed E-state index contributed by atoms with van der Waals surface area (Å²) in [5, 5.41) is 11.4. The number of carbonyl (C=O) groups is 3. The average molecular weight is 438 g/mol. The highest BCUT2D eigenvalue weighted by Crippen LogP contribution is 2.44. The molecule has 2 amide bonds. The maximum atomic E-state index is 12.1. The van der Waals surface area contributed by atoms with Crippen LogP contribution in [0.5, 0.6) is 0 Å². The van der Waals surface area contributed by atoms with Crippen LogP contribution >= 0.6 is 0 Å². The van der Waals surface area contributed by atoms with Gasteiger partial charge in [0.05, 0.1) is 13.0 Å². The highest BCUT2D eigenvalue weighted by molar-refractivity contribution is 5.79. The Balaban J connectivity index is 1.14. The zero-order valence-electron chi connectivity index (χ0n) is 17.7. The number of alkyl carbamates (subject to hydrolysis) is 1. The first kappa shape index (κ1) is 21.8. The highest BCUT2D eigenvalue weighted by atomic mass is 16.5. The molecule has 1 aliphatic carbocycles. The summed E-state index contributed by atoms with van der Waals surface area (Å²) in [4.78, 5) is 36.3. The fourth-order valence-electron chi connectivity index (χ4n) is 4.28. The normalized spacial score (nSPS) is 14.9. The number of rotatable bonds is 9. The molecular weight excluding hydrogens is 412 g/mol. The van der Waals surface area contributed by atoms with Crippen molar-refractivity contribution in [2.45, 2.75) is 12.3 Å². The molecule has 1 aliphatic heterocycles. The molecule has 0 radical (unpaired) electrons. The number of likely N-dealkylation sites (tertiary alicyclic amines) is 1. The van der Waals surface area contributed by atoms with Crippen molar-refractivity contribution in [1.29, 1.82) is 0 Å². The number of carbonyl (C=O) groups excluding carboxylic acids is 2. The van der Waals surface area contributed by atoms with Crippen LogP contribution in [0, 0.1) is 5.92 Å². The molecule has 1 fully saturated rings. The van der Waals surface area contributed by atoms with E-state index in [9.17, 15) is 14.4 Å². The van der Waals surface area contributed by atoms with Gasteiger partial charge < -0.3 is 24.8 Å². The van der Waals surface area contributed by atoms with E-state index in [1.807, 2.05) is 24.3 Å². The van der Waals surface area contributed by atoms with Crippen LogP contribution in [0.3, 0.4) is 0 Å². The minimum absolute atomic E-state index is 0.00324. The van der Waals surface area contributed by atoms with Crippen LogP contribution < -0.4 is 5.32 Å². The van der Waals surface area contributed by atoms with Crippen molar-refractivity contribution in [2.24, 2.45) is 5.92 Å². The lowest BCUT2D eigenvalue weighted by molar-refractivity contribution is -0.147. The van der Waals surface area contributed by atoms with Gasteiger partial charge in [-0.1, -0.05) is 48.5 Å². The van der Waals surface area contributed by atoms with Crippen molar-refractivity contribution in [3.8, 4) is 11.1 Å². The molecule has 4 rings (SSSR count). The molecule has 1 saturated heterocycles. The van der Waals surface area contributed by atoms with Crippen LogP contribution in [0.2, 0.25) is 0 Å². The van der Waals surface area contributed by atoms with Crippen LogP contribution in [0.4, 0.5) is 4.79 Å². The van der Waals surface area contributed by atoms with Gasteiger partial charge in [0.25, 0.3) is 0 Å². The van der Waals surface area contributed by atoms with Crippen molar-refractivity contribution in [2.75, 3.05) is 39.5 Å². The number of nitrogens with zero attached hydrogens (tertiary/aromatic N) is 1. The smallest absolute Gasteiger partial charge is 0.407 e. The molecule has 168 valence electrons. The third-order valence-corrected chi connectivity index (χ3v) is 5.86. The second kappa shape index (κ2) is 9.82. The first-order valence-electron chi connectivity index (χ1n) is 10.7. The molecule has 8 heteroatoms. The van der Waals surface area contributed by atoms with Crippen molar-refractivity contribution in [3.63, 3.8) is 0 Å². The van der Waals surface area contributed by atoms with Gasteiger partial charge in [0.2, 0.25) is 5.91 Å². The molecule has 2 aromatic carbocycles. The maximum Gasteiger partial charge on any atom is 0.407 e. The lowest BCUT2D eigenvalue weighted by atomic mass is 9.96. The second-order valence-electron chi connectivity index (χ2n) is 8.07. The summed E-state index contributed by atoms with van der Waals surface area (Å²) in [7, 11) is 0. The van der Waals surface area contributed by atoms with Gasteiger partial charge in [0.1, 0.15) is 13.2 Å². The summed E-state index contributed by atoms with van der Waals surface area (Å²) in [5.41, 5.74) is 4.65. The molecule has 0 saturated carbocycles. The third-order valence-electron chi connectivity index (χ3n) is 5.86. The molecule has 0 spiro atoms. The Labute approximate surface area is 186 Å². The summed E-state index contributed by atoms with van der Waals surface area (Å²) < 4.78 is 10.8. The molecule has 2 aromatic rings. The number of aliphatic carboxylic acids is 1. The van der Waals surface area contributed by atoms with Gasteiger partial charge in [0, 0.05) is 31.5 Å². The van der Waals surface area contributed by atoms with Crippen molar-refractivity contribution in [1.82, 2.24) is 10.2 Å². The van der Waals surface area contributed by atoms with Crippen LogP contribution in [-0.4, -0.2) is 67.4 Å². The van der Waals surface area contributed by atoms with Gasteiger partial charge in [-0.15, -0.1) is 0 Å². The molecule has 0 unspecified atom stereocenters. The maximum absolute atomic E-state index is 12.1. The Kier molecular flexibility index (Phi) is 6.70. The summed E-state index contributed by atoms with van der Waals surface area (Å²) >= 11 is 0. The number of carboxylic acids is 1.